The minimum atomic E-state index is -1.98. The quantitative estimate of drug-likeness (QED) is 0.615. The van der Waals surface area contributed by atoms with Crippen molar-refractivity contribution in [3.63, 3.8) is 0 Å². The maximum absolute atomic E-state index is 12.5. The molecule has 1 aromatic carbocycles. The van der Waals surface area contributed by atoms with E-state index in [1.807, 2.05) is 24.9 Å². The zero-order valence-corrected chi connectivity index (χ0v) is 12.3. The Morgan fingerprint density at radius 2 is 2.11 bits per heavy atom. The Bertz CT molecular complexity index is 521. The molecule has 1 aliphatic heterocycles. The molecule has 1 saturated carbocycles. The summed E-state index contributed by atoms with van der Waals surface area (Å²) in [7, 11) is -1.98. The van der Waals surface area contributed by atoms with E-state index in [0.29, 0.717) is 12.3 Å². The average Bonchev–Trinajstić information content (AvgIpc) is 2.73. The summed E-state index contributed by atoms with van der Waals surface area (Å²) in [4.78, 5) is 0. The number of benzene rings is 1. The maximum atomic E-state index is 12.5. The first kappa shape index (κ1) is 13.1. The Hall–Kier alpha value is -0.850. The number of hydrogen-bond acceptors (Lipinski definition) is 2. The smallest absolute Gasteiger partial charge is 0.0952 e. The summed E-state index contributed by atoms with van der Waals surface area (Å²) in [5.41, 5.74) is 2.96. The molecule has 3 atom stereocenters. The van der Waals surface area contributed by atoms with E-state index in [9.17, 15) is 4.57 Å². The molecule has 0 aromatic heterocycles. The number of rotatable bonds is 3. The normalized spacial score (nSPS) is 33.8. The van der Waals surface area contributed by atoms with Crippen molar-refractivity contribution >= 4 is 7.14 Å². The van der Waals surface area contributed by atoms with Crippen molar-refractivity contribution in [3.05, 3.63) is 47.5 Å². The Labute approximate surface area is 115 Å². The minimum absolute atomic E-state index is 0.272. The van der Waals surface area contributed by atoms with E-state index in [0.717, 1.165) is 25.4 Å². The van der Waals surface area contributed by atoms with Crippen LogP contribution in [0.25, 0.3) is 0 Å². The van der Waals surface area contributed by atoms with E-state index < -0.39 is 7.14 Å². The topological polar surface area (TPSA) is 26.3 Å². The molecule has 2 nitrogen and oxygen atoms in total. The van der Waals surface area contributed by atoms with Crippen molar-refractivity contribution < 1.29 is 9.30 Å². The van der Waals surface area contributed by atoms with Gasteiger partial charge in [-0.3, -0.25) is 0 Å². The van der Waals surface area contributed by atoms with E-state index in [-0.39, 0.29) is 6.10 Å². The third kappa shape index (κ3) is 2.85. The van der Waals surface area contributed by atoms with E-state index in [1.165, 1.54) is 11.1 Å². The molecule has 3 unspecified atom stereocenters. The maximum Gasteiger partial charge on any atom is 0.0952 e. The van der Waals surface area contributed by atoms with Crippen molar-refractivity contribution in [1.82, 2.24) is 0 Å². The molecule has 19 heavy (non-hydrogen) atoms. The predicted molar refractivity (Wildman–Crippen MR) is 79.1 cm³/mol. The lowest BCUT2D eigenvalue weighted by atomic mass is 9.92. The van der Waals surface area contributed by atoms with Gasteiger partial charge in [-0.15, -0.1) is 0 Å². The van der Waals surface area contributed by atoms with E-state index >= 15 is 0 Å². The first-order valence-electron chi connectivity index (χ1n) is 7.06. The van der Waals surface area contributed by atoms with Crippen LogP contribution in [0.2, 0.25) is 0 Å². The number of ether oxygens (including phenoxy) is 1. The summed E-state index contributed by atoms with van der Waals surface area (Å²) >= 11 is 0. The van der Waals surface area contributed by atoms with Gasteiger partial charge in [-0.25, -0.2) is 0 Å². The zero-order chi connectivity index (χ0) is 13.3. The monoisotopic (exact) mass is 276 g/mol. The lowest BCUT2D eigenvalue weighted by Crippen LogP contribution is -2.26. The second-order valence-corrected chi connectivity index (χ2v) is 9.18. The van der Waals surface area contributed by atoms with Crippen molar-refractivity contribution in [2.24, 2.45) is 0 Å². The molecule has 1 fully saturated rings. The molecular formula is C16H21O2P. The molecule has 0 saturated heterocycles. The predicted octanol–water partition coefficient (Wildman–Crippen LogP) is 4.06. The molecule has 3 heteroatoms. The Morgan fingerprint density at radius 3 is 2.89 bits per heavy atom. The molecule has 102 valence electrons. The Balaban J connectivity index is 1.59. The Morgan fingerprint density at radius 1 is 1.32 bits per heavy atom. The van der Waals surface area contributed by atoms with Crippen LogP contribution in [-0.2, 0) is 15.9 Å². The highest BCUT2D eigenvalue weighted by atomic mass is 31.2. The molecule has 1 aromatic rings. The highest BCUT2D eigenvalue weighted by Gasteiger charge is 2.39. The van der Waals surface area contributed by atoms with Gasteiger partial charge in [0.05, 0.1) is 19.9 Å². The largest absolute Gasteiger partial charge is 0.373 e. The van der Waals surface area contributed by atoms with Gasteiger partial charge in [0, 0.05) is 11.8 Å². The van der Waals surface area contributed by atoms with Crippen LogP contribution in [0.4, 0.5) is 0 Å². The second-order valence-electron chi connectivity index (χ2n) is 5.84. The third-order valence-electron chi connectivity index (χ3n) is 4.37. The molecule has 0 radical (unpaired) electrons. The van der Waals surface area contributed by atoms with Gasteiger partial charge < -0.3 is 9.30 Å². The first-order valence-corrected chi connectivity index (χ1v) is 9.47. The van der Waals surface area contributed by atoms with Gasteiger partial charge in [0.15, 0.2) is 0 Å². The summed E-state index contributed by atoms with van der Waals surface area (Å²) in [6.45, 7) is 2.63. The van der Waals surface area contributed by atoms with Crippen LogP contribution in [0.3, 0.4) is 0 Å². The fraction of sp³-hybridized carbons (Fsp3) is 0.500. The van der Waals surface area contributed by atoms with E-state index in [2.05, 4.69) is 18.2 Å². The third-order valence-corrected chi connectivity index (χ3v) is 7.14. The van der Waals surface area contributed by atoms with Gasteiger partial charge in [-0.05, 0) is 31.5 Å². The van der Waals surface area contributed by atoms with E-state index in [1.54, 1.807) is 0 Å². The minimum Gasteiger partial charge on any atom is -0.373 e. The van der Waals surface area contributed by atoms with Crippen molar-refractivity contribution in [1.29, 1.82) is 0 Å². The fourth-order valence-electron chi connectivity index (χ4n) is 3.19. The van der Waals surface area contributed by atoms with Crippen molar-refractivity contribution in [3.8, 4) is 0 Å². The molecule has 1 aliphatic carbocycles. The molecule has 0 N–H and O–H groups in total. The molecule has 2 aliphatic rings. The summed E-state index contributed by atoms with van der Waals surface area (Å²) in [6, 6.07) is 10.3. The van der Waals surface area contributed by atoms with Crippen LogP contribution in [0, 0.1) is 0 Å². The number of fused-ring (bicyclic) bond motifs is 1. The average molecular weight is 276 g/mol. The van der Waals surface area contributed by atoms with Gasteiger partial charge in [0.25, 0.3) is 0 Å². The van der Waals surface area contributed by atoms with Crippen molar-refractivity contribution in [2.75, 3.05) is 12.8 Å². The van der Waals surface area contributed by atoms with E-state index in [4.69, 9.17) is 4.74 Å². The highest BCUT2D eigenvalue weighted by molar-refractivity contribution is 7.64. The summed E-state index contributed by atoms with van der Waals surface area (Å²) in [5, 5.41) is 0. The van der Waals surface area contributed by atoms with Gasteiger partial charge in [0.1, 0.15) is 0 Å². The SMILES string of the molecule is CP1(=O)CC=C2CCC(OCc3ccccc3)CC21. The van der Waals surface area contributed by atoms with Crippen LogP contribution < -0.4 is 0 Å². The molecule has 1 heterocycles. The standard InChI is InChI=1S/C16H21O2P/c1-19(17)10-9-14-7-8-15(11-16(14)19)18-12-13-5-3-2-4-6-13/h2-6,9,15-16H,7-8,10-12H2,1H3. The summed E-state index contributed by atoms with van der Waals surface area (Å²) < 4.78 is 18.5. The van der Waals surface area contributed by atoms with Crippen LogP contribution in [-0.4, -0.2) is 24.6 Å². The summed E-state index contributed by atoms with van der Waals surface area (Å²) in [5.74, 6) is 0. The summed E-state index contributed by atoms with van der Waals surface area (Å²) in [6.07, 6.45) is 6.40. The number of allylic oxidation sites excluding steroid dienone is 2. The van der Waals surface area contributed by atoms with Gasteiger partial charge in [0.2, 0.25) is 0 Å². The van der Waals surface area contributed by atoms with Crippen LogP contribution in [0.5, 0.6) is 0 Å². The highest BCUT2D eigenvalue weighted by Crippen LogP contribution is 2.58. The molecule has 0 bridgehead atoms. The molecule has 0 amide bonds. The van der Waals surface area contributed by atoms with Crippen LogP contribution in [0.15, 0.2) is 42.0 Å². The van der Waals surface area contributed by atoms with Gasteiger partial charge in [-0.2, -0.15) is 0 Å². The van der Waals surface area contributed by atoms with Gasteiger partial charge in [-0.1, -0.05) is 42.0 Å². The van der Waals surface area contributed by atoms with Gasteiger partial charge >= 0.3 is 0 Å². The van der Waals surface area contributed by atoms with Crippen LogP contribution >= 0.6 is 7.14 Å². The molecule has 0 spiro atoms. The second kappa shape index (κ2) is 5.26. The zero-order valence-electron chi connectivity index (χ0n) is 11.4. The Kier molecular flexibility index (Phi) is 3.64. The van der Waals surface area contributed by atoms with Crippen molar-refractivity contribution in [2.45, 2.75) is 37.6 Å². The molecular weight excluding hydrogens is 255 g/mol. The lowest BCUT2D eigenvalue weighted by Gasteiger charge is -2.31. The number of hydrogen-bond donors (Lipinski definition) is 0. The van der Waals surface area contributed by atoms with Crippen LogP contribution in [0.1, 0.15) is 24.8 Å². The lowest BCUT2D eigenvalue weighted by molar-refractivity contribution is 0.0244. The fourth-order valence-corrected chi connectivity index (χ4v) is 5.66. The molecule has 3 rings (SSSR count). The first-order chi connectivity index (χ1) is 9.15.